The summed E-state index contributed by atoms with van der Waals surface area (Å²) in [5, 5.41) is 7.43. The van der Waals surface area contributed by atoms with Crippen molar-refractivity contribution in [1.29, 1.82) is 0 Å². The van der Waals surface area contributed by atoms with Crippen molar-refractivity contribution in [1.82, 2.24) is 14.8 Å². The number of ether oxygens (including phenoxy) is 3. The Morgan fingerprint density at radius 2 is 1.87 bits per heavy atom. The predicted molar refractivity (Wildman–Crippen MR) is 112 cm³/mol. The highest BCUT2D eigenvalue weighted by Crippen LogP contribution is 2.35. The Morgan fingerprint density at radius 1 is 1.13 bits per heavy atom. The van der Waals surface area contributed by atoms with E-state index in [4.69, 9.17) is 14.2 Å². The normalized spacial score (nSPS) is 10.6. The molecule has 0 aliphatic heterocycles. The standard InChI is InChI=1S/C20H22N4O5S/c1-11-8-16(24(3)23-11)22-17(25)10-29-20(26)18-12(2)21-19(30-18)13-6-7-14(27-4)15(9-13)28-5/h6-9H,10H2,1-5H3,(H,22,25). The number of esters is 1. The summed E-state index contributed by atoms with van der Waals surface area (Å²) in [6.45, 7) is 3.13. The summed E-state index contributed by atoms with van der Waals surface area (Å²) in [7, 11) is 4.82. The molecule has 2 heterocycles. The van der Waals surface area contributed by atoms with Crippen molar-refractivity contribution < 1.29 is 23.8 Å². The Labute approximate surface area is 177 Å². The summed E-state index contributed by atoms with van der Waals surface area (Å²) in [5.41, 5.74) is 2.08. The van der Waals surface area contributed by atoms with E-state index in [2.05, 4.69) is 15.4 Å². The first-order valence-electron chi connectivity index (χ1n) is 8.99. The molecule has 1 N–H and O–H groups in total. The number of thiazole rings is 1. The Hall–Kier alpha value is -3.40. The van der Waals surface area contributed by atoms with Crippen molar-refractivity contribution in [3.8, 4) is 22.1 Å². The molecule has 0 bridgehead atoms. The number of methoxy groups -OCH3 is 2. The highest BCUT2D eigenvalue weighted by Gasteiger charge is 2.20. The van der Waals surface area contributed by atoms with Gasteiger partial charge < -0.3 is 19.5 Å². The van der Waals surface area contributed by atoms with Gasteiger partial charge in [-0.1, -0.05) is 0 Å². The average molecular weight is 430 g/mol. The molecule has 0 aliphatic rings. The molecule has 1 amide bonds. The molecule has 2 aromatic heterocycles. The first kappa shape index (κ1) is 21.3. The van der Waals surface area contributed by atoms with Gasteiger partial charge in [0.15, 0.2) is 18.1 Å². The summed E-state index contributed by atoms with van der Waals surface area (Å²) in [6, 6.07) is 7.11. The second-order valence-corrected chi connectivity index (χ2v) is 7.42. The SMILES string of the molecule is COc1ccc(-c2nc(C)c(C(=O)OCC(=O)Nc3cc(C)nn3C)s2)cc1OC. The van der Waals surface area contributed by atoms with Crippen molar-refractivity contribution in [2.24, 2.45) is 7.05 Å². The molecule has 3 rings (SSSR count). The van der Waals surface area contributed by atoms with Crippen LogP contribution in [0, 0.1) is 13.8 Å². The van der Waals surface area contributed by atoms with Gasteiger partial charge >= 0.3 is 5.97 Å². The molecule has 0 saturated carbocycles. The summed E-state index contributed by atoms with van der Waals surface area (Å²) >= 11 is 1.19. The van der Waals surface area contributed by atoms with Crippen LogP contribution in [0.15, 0.2) is 24.3 Å². The lowest BCUT2D eigenvalue weighted by Gasteiger charge is -2.08. The smallest absolute Gasteiger partial charge is 0.350 e. The minimum absolute atomic E-state index is 0.337. The molecular formula is C20H22N4O5S. The predicted octanol–water partition coefficient (Wildman–Crippen LogP) is 2.97. The van der Waals surface area contributed by atoms with Crippen molar-refractivity contribution >= 4 is 29.0 Å². The molecule has 0 saturated heterocycles. The fourth-order valence-corrected chi connectivity index (χ4v) is 3.74. The van der Waals surface area contributed by atoms with Crippen LogP contribution in [0.4, 0.5) is 5.82 Å². The Morgan fingerprint density at radius 3 is 2.50 bits per heavy atom. The summed E-state index contributed by atoms with van der Waals surface area (Å²) in [6.07, 6.45) is 0. The van der Waals surface area contributed by atoms with Gasteiger partial charge in [-0.3, -0.25) is 9.48 Å². The number of carbonyl (C=O) groups is 2. The molecule has 0 aliphatic carbocycles. The van der Waals surface area contributed by atoms with Gasteiger partial charge in [-0.2, -0.15) is 5.10 Å². The molecule has 3 aromatic rings. The molecular weight excluding hydrogens is 408 g/mol. The van der Waals surface area contributed by atoms with E-state index in [1.54, 1.807) is 46.4 Å². The number of aromatic nitrogens is 3. The zero-order valence-corrected chi connectivity index (χ0v) is 18.1. The minimum atomic E-state index is -0.604. The molecule has 10 heteroatoms. The number of aryl methyl sites for hydroxylation is 3. The first-order valence-corrected chi connectivity index (χ1v) is 9.81. The van der Waals surface area contributed by atoms with E-state index in [0.29, 0.717) is 32.9 Å². The minimum Gasteiger partial charge on any atom is -0.493 e. The molecule has 158 valence electrons. The van der Waals surface area contributed by atoms with Crippen LogP contribution in [0.3, 0.4) is 0 Å². The highest BCUT2D eigenvalue weighted by atomic mass is 32.1. The van der Waals surface area contributed by atoms with Gasteiger partial charge in [0.05, 0.1) is 25.6 Å². The number of anilines is 1. The third kappa shape index (κ3) is 4.60. The Bertz CT molecular complexity index is 1090. The first-order chi connectivity index (χ1) is 14.3. The molecule has 1 aromatic carbocycles. The van der Waals surface area contributed by atoms with E-state index in [0.717, 1.165) is 11.3 Å². The quantitative estimate of drug-likeness (QED) is 0.575. The van der Waals surface area contributed by atoms with E-state index in [1.165, 1.54) is 16.0 Å². The molecule has 30 heavy (non-hydrogen) atoms. The maximum Gasteiger partial charge on any atom is 0.350 e. The number of carbonyl (C=O) groups excluding carboxylic acids is 2. The van der Waals surface area contributed by atoms with E-state index < -0.39 is 18.5 Å². The monoisotopic (exact) mass is 430 g/mol. The zero-order valence-electron chi connectivity index (χ0n) is 17.3. The summed E-state index contributed by atoms with van der Waals surface area (Å²) < 4.78 is 17.3. The van der Waals surface area contributed by atoms with Gasteiger partial charge in [-0.15, -0.1) is 11.3 Å². The molecule has 0 unspecified atom stereocenters. The van der Waals surface area contributed by atoms with Crippen LogP contribution in [0.1, 0.15) is 21.1 Å². The zero-order chi connectivity index (χ0) is 21.8. The van der Waals surface area contributed by atoms with E-state index in [9.17, 15) is 9.59 Å². The topological polar surface area (TPSA) is 105 Å². The van der Waals surface area contributed by atoms with E-state index in [1.807, 2.05) is 13.0 Å². The number of nitrogens with one attached hydrogen (secondary N) is 1. The molecule has 0 radical (unpaired) electrons. The summed E-state index contributed by atoms with van der Waals surface area (Å²) in [4.78, 5) is 29.3. The van der Waals surface area contributed by atoms with Crippen LogP contribution in [0.25, 0.3) is 10.6 Å². The van der Waals surface area contributed by atoms with Crippen molar-refractivity contribution in [2.75, 3.05) is 26.1 Å². The lowest BCUT2D eigenvalue weighted by molar-refractivity contribution is -0.119. The second-order valence-electron chi connectivity index (χ2n) is 6.42. The number of hydrogen-bond acceptors (Lipinski definition) is 8. The summed E-state index contributed by atoms with van der Waals surface area (Å²) in [5.74, 6) is 0.637. The fourth-order valence-electron chi connectivity index (χ4n) is 2.78. The van der Waals surface area contributed by atoms with Crippen LogP contribution in [0.5, 0.6) is 11.5 Å². The van der Waals surface area contributed by atoms with Gasteiger partial charge in [0.1, 0.15) is 15.7 Å². The third-order valence-corrected chi connectivity index (χ3v) is 5.40. The lowest BCUT2D eigenvalue weighted by atomic mass is 10.2. The highest BCUT2D eigenvalue weighted by molar-refractivity contribution is 7.17. The maximum absolute atomic E-state index is 12.5. The molecule has 0 atom stereocenters. The third-order valence-electron chi connectivity index (χ3n) is 4.22. The van der Waals surface area contributed by atoms with Crippen LogP contribution >= 0.6 is 11.3 Å². The number of nitrogens with zero attached hydrogens (tertiary/aromatic N) is 3. The second kappa shape index (κ2) is 8.95. The van der Waals surface area contributed by atoms with Gasteiger partial charge in [0, 0.05) is 18.7 Å². The number of rotatable bonds is 7. The maximum atomic E-state index is 12.5. The van der Waals surface area contributed by atoms with Crippen LogP contribution in [-0.4, -0.2) is 47.5 Å². The number of benzene rings is 1. The van der Waals surface area contributed by atoms with Crippen molar-refractivity contribution in [3.05, 3.63) is 40.5 Å². The van der Waals surface area contributed by atoms with Crippen LogP contribution in [-0.2, 0) is 16.6 Å². The number of hydrogen-bond donors (Lipinski definition) is 1. The van der Waals surface area contributed by atoms with E-state index >= 15 is 0 Å². The molecule has 0 spiro atoms. The van der Waals surface area contributed by atoms with Gasteiger partial charge in [0.25, 0.3) is 5.91 Å². The van der Waals surface area contributed by atoms with Crippen LogP contribution < -0.4 is 14.8 Å². The van der Waals surface area contributed by atoms with E-state index in [-0.39, 0.29) is 0 Å². The van der Waals surface area contributed by atoms with Gasteiger partial charge in [-0.25, -0.2) is 9.78 Å². The molecule has 0 fully saturated rings. The van der Waals surface area contributed by atoms with Crippen LogP contribution in [0.2, 0.25) is 0 Å². The largest absolute Gasteiger partial charge is 0.493 e. The Balaban J connectivity index is 1.68. The lowest BCUT2D eigenvalue weighted by Crippen LogP contribution is -2.22. The van der Waals surface area contributed by atoms with Gasteiger partial charge in [0.2, 0.25) is 0 Å². The molecule has 9 nitrogen and oxygen atoms in total. The van der Waals surface area contributed by atoms with Crippen molar-refractivity contribution in [2.45, 2.75) is 13.8 Å². The van der Waals surface area contributed by atoms with Gasteiger partial charge in [-0.05, 0) is 32.0 Å². The van der Waals surface area contributed by atoms with Crippen molar-refractivity contribution in [3.63, 3.8) is 0 Å². The average Bonchev–Trinajstić information content (AvgIpc) is 3.26. The Kier molecular flexibility index (Phi) is 6.36. The number of amides is 1. The fraction of sp³-hybridized carbons (Fsp3) is 0.300.